The van der Waals surface area contributed by atoms with E-state index in [1.807, 2.05) is 0 Å². The van der Waals surface area contributed by atoms with Crippen molar-refractivity contribution < 1.29 is 46.2 Å². The number of Topliss-reactive ketones (excluding diaryl/α,β-unsaturated/α-hetero) is 1. The van der Waals surface area contributed by atoms with Crippen LogP contribution in [0.5, 0.6) is 5.75 Å². The van der Waals surface area contributed by atoms with E-state index in [1.165, 1.54) is 18.3 Å². The average Bonchev–Trinajstić information content (AvgIpc) is 3.34. The Hall–Kier alpha value is -4.43. The van der Waals surface area contributed by atoms with E-state index in [0.29, 0.717) is 13.0 Å². The lowest BCUT2D eigenvalue weighted by Gasteiger charge is -2.26. The fourth-order valence-electron chi connectivity index (χ4n) is 4.67. The van der Waals surface area contributed by atoms with Gasteiger partial charge in [0.1, 0.15) is 23.9 Å². The maximum Gasteiger partial charge on any atom is 0.412 e. The Morgan fingerprint density at radius 3 is 2.29 bits per heavy atom. The first kappa shape index (κ1) is 35.1. The van der Waals surface area contributed by atoms with Crippen molar-refractivity contribution in [2.75, 3.05) is 18.5 Å². The number of nitrogens with zero attached hydrogens (tertiary/aromatic N) is 1. The predicted molar refractivity (Wildman–Crippen MR) is 153 cm³/mol. The Balaban J connectivity index is 1.89. The van der Waals surface area contributed by atoms with Crippen LogP contribution in [-0.4, -0.2) is 53.1 Å². The zero-order valence-corrected chi connectivity index (χ0v) is 25.5. The maximum absolute atomic E-state index is 14.1. The summed E-state index contributed by atoms with van der Waals surface area (Å²) in [6.45, 7) is 7.70. The molecule has 3 amide bonds. The van der Waals surface area contributed by atoms with E-state index in [0.717, 1.165) is 4.57 Å². The van der Waals surface area contributed by atoms with Gasteiger partial charge in [0.25, 0.3) is 5.56 Å². The Kier molecular flexibility index (Phi) is 11.3. The first-order chi connectivity index (χ1) is 21.0. The van der Waals surface area contributed by atoms with Crippen LogP contribution < -0.4 is 26.2 Å². The number of ketones is 1. The van der Waals surface area contributed by atoms with Crippen LogP contribution in [0.3, 0.4) is 0 Å². The van der Waals surface area contributed by atoms with Gasteiger partial charge < -0.3 is 24.7 Å². The van der Waals surface area contributed by atoms with Crippen LogP contribution in [0.25, 0.3) is 0 Å². The predicted octanol–water partition coefficient (Wildman–Crippen LogP) is 4.00. The topological polar surface area (TPSA) is 145 Å². The number of ether oxygens (including phenoxy) is 2. The van der Waals surface area contributed by atoms with Crippen LogP contribution >= 0.6 is 0 Å². The van der Waals surface area contributed by atoms with Gasteiger partial charge in [0.05, 0.1) is 6.04 Å². The van der Waals surface area contributed by atoms with Gasteiger partial charge >= 0.3 is 6.09 Å². The summed E-state index contributed by atoms with van der Waals surface area (Å²) in [6, 6.07) is 0.0665. The summed E-state index contributed by atoms with van der Waals surface area (Å²) < 4.78 is 66.6. The highest BCUT2D eigenvalue weighted by Crippen LogP contribution is 2.27. The molecule has 1 aromatic carbocycles. The second kappa shape index (κ2) is 14.6. The molecule has 0 spiro atoms. The number of amides is 3. The van der Waals surface area contributed by atoms with Crippen molar-refractivity contribution >= 4 is 29.4 Å². The van der Waals surface area contributed by atoms with Gasteiger partial charge in [-0.1, -0.05) is 13.8 Å². The number of benzene rings is 1. The van der Waals surface area contributed by atoms with E-state index in [1.54, 1.807) is 34.6 Å². The number of carbonyl (C=O) groups is 4. The standard InChI is InChI=1S/C30H36F4N4O7/c1-15(2)11-21(38-10-6-7-19(28(38)42)37-29(43)45-30(3,4)5)27(41)36-20(12-16-8-9-35-26(16)40)22(39)14-44-25-23(33)17(31)13-18(32)24(25)34/h6-7,10,13,15-16,20-21H,8-9,11-12,14H2,1-5H3,(H,35,40)(H,36,41)(H,37,43)/t16-,20-,21-/m0/s1. The number of aromatic nitrogens is 1. The van der Waals surface area contributed by atoms with E-state index in [9.17, 15) is 41.5 Å². The van der Waals surface area contributed by atoms with Gasteiger partial charge in [-0.3, -0.25) is 24.5 Å². The van der Waals surface area contributed by atoms with E-state index >= 15 is 0 Å². The number of nitrogens with one attached hydrogen (secondary N) is 3. The van der Waals surface area contributed by atoms with E-state index in [2.05, 4.69) is 16.0 Å². The van der Waals surface area contributed by atoms with Crippen molar-refractivity contribution in [2.24, 2.45) is 11.8 Å². The van der Waals surface area contributed by atoms with Crippen LogP contribution in [0.2, 0.25) is 0 Å². The molecule has 0 bridgehead atoms. The summed E-state index contributed by atoms with van der Waals surface area (Å²) in [6.07, 6.45) is 0.622. The summed E-state index contributed by atoms with van der Waals surface area (Å²) >= 11 is 0. The van der Waals surface area contributed by atoms with E-state index < -0.39 is 82.6 Å². The highest BCUT2D eigenvalue weighted by atomic mass is 19.2. The number of rotatable bonds is 12. The molecule has 2 heterocycles. The molecule has 1 aromatic heterocycles. The smallest absolute Gasteiger partial charge is 0.412 e. The molecule has 1 fully saturated rings. The van der Waals surface area contributed by atoms with Crippen molar-refractivity contribution in [1.29, 1.82) is 0 Å². The summed E-state index contributed by atoms with van der Waals surface area (Å²) in [4.78, 5) is 64.9. The minimum absolute atomic E-state index is 0.0179. The maximum atomic E-state index is 14.1. The summed E-state index contributed by atoms with van der Waals surface area (Å²) in [5.41, 5.74) is -1.77. The van der Waals surface area contributed by atoms with Crippen molar-refractivity contribution in [2.45, 2.75) is 71.6 Å². The average molecular weight is 641 g/mol. The molecule has 3 N–H and O–H groups in total. The lowest BCUT2D eigenvalue weighted by Crippen LogP contribution is -2.48. The highest BCUT2D eigenvalue weighted by molar-refractivity contribution is 5.92. The Labute approximate surface area is 256 Å². The van der Waals surface area contributed by atoms with Gasteiger partial charge in [0.2, 0.25) is 23.4 Å². The molecule has 11 nitrogen and oxygen atoms in total. The van der Waals surface area contributed by atoms with Crippen molar-refractivity contribution in [3.8, 4) is 5.75 Å². The molecule has 0 radical (unpaired) electrons. The third kappa shape index (κ3) is 9.28. The highest BCUT2D eigenvalue weighted by Gasteiger charge is 2.34. The molecule has 246 valence electrons. The molecule has 3 rings (SSSR count). The minimum atomic E-state index is -1.85. The fourth-order valence-corrected chi connectivity index (χ4v) is 4.67. The largest absolute Gasteiger partial charge is 0.479 e. The number of hydrogen-bond acceptors (Lipinski definition) is 7. The molecule has 0 aliphatic carbocycles. The molecule has 1 aliphatic rings. The quantitative estimate of drug-likeness (QED) is 0.235. The van der Waals surface area contributed by atoms with Crippen LogP contribution in [0.1, 0.15) is 59.9 Å². The molecule has 1 aliphatic heterocycles. The monoisotopic (exact) mass is 640 g/mol. The lowest BCUT2D eigenvalue weighted by atomic mass is 9.95. The zero-order chi connectivity index (χ0) is 33.6. The molecule has 0 unspecified atom stereocenters. The molecular formula is C30H36F4N4O7. The summed E-state index contributed by atoms with van der Waals surface area (Å²) in [5.74, 6) is -11.7. The van der Waals surface area contributed by atoms with Gasteiger partial charge in [-0.25, -0.2) is 13.6 Å². The number of halogens is 4. The Morgan fingerprint density at radius 2 is 1.73 bits per heavy atom. The fraction of sp³-hybridized carbons (Fsp3) is 0.500. The first-order valence-electron chi connectivity index (χ1n) is 14.3. The van der Waals surface area contributed by atoms with Crippen LogP contribution in [0.4, 0.5) is 28.0 Å². The van der Waals surface area contributed by atoms with Gasteiger partial charge in [-0.15, -0.1) is 0 Å². The molecule has 0 saturated carbocycles. The van der Waals surface area contributed by atoms with E-state index in [4.69, 9.17) is 9.47 Å². The van der Waals surface area contributed by atoms with E-state index in [-0.39, 0.29) is 36.4 Å². The zero-order valence-electron chi connectivity index (χ0n) is 25.5. The third-order valence-electron chi connectivity index (χ3n) is 6.76. The van der Waals surface area contributed by atoms with Gasteiger partial charge in [0, 0.05) is 24.7 Å². The van der Waals surface area contributed by atoms with Crippen LogP contribution in [0, 0.1) is 35.1 Å². The normalized spacial score (nSPS) is 16.1. The Bertz CT molecular complexity index is 1480. The summed E-state index contributed by atoms with van der Waals surface area (Å²) in [7, 11) is 0. The molecule has 45 heavy (non-hydrogen) atoms. The lowest BCUT2D eigenvalue weighted by molar-refractivity contribution is -0.132. The SMILES string of the molecule is CC(C)C[C@@H](C(=O)N[C@@H](C[C@@H]1CCNC1=O)C(=O)COc1c(F)c(F)cc(F)c1F)n1cccc(NC(=O)OC(C)(C)C)c1=O. The van der Waals surface area contributed by atoms with Gasteiger partial charge in [-0.05, 0) is 58.1 Å². The number of hydrogen-bond donors (Lipinski definition) is 3. The third-order valence-corrected chi connectivity index (χ3v) is 6.76. The number of carbonyl (C=O) groups excluding carboxylic acids is 4. The van der Waals surface area contributed by atoms with Gasteiger partial charge in [-0.2, -0.15) is 8.78 Å². The Morgan fingerprint density at radius 1 is 1.09 bits per heavy atom. The van der Waals surface area contributed by atoms with Crippen LogP contribution in [-0.2, 0) is 19.1 Å². The van der Waals surface area contributed by atoms with Crippen molar-refractivity contribution in [3.05, 3.63) is 58.0 Å². The second-order valence-corrected chi connectivity index (χ2v) is 12.0. The second-order valence-electron chi connectivity index (χ2n) is 12.0. The molecule has 2 aromatic rings. The molecule has 1 saturated heterocycles. The summed E-state index contributed by atoms with van der Waals surface area (Å²) in [5, 5.41) is 7.48. The first-order valence-corrected chi connectivity index (χ1v) is 14.3. The molecule has 3 atom stereocenters. The number of pyridine rings is 1. The minimum Gasteiger partial charge on any atom is -0.479 e. The van der Waals surface area contributed by atoms with Gasteiger partial charge in [0.15, 0.2) is 23.2 Å². The molecular weight excluding hydrogens is 604 g/mol. The van der Waals surface area contributed by atoms with Crippen molar-refractivity contribution in [3.63, 3.8) is 0 Å². The van der Waals surface area contributed by atoms with Crippen LogP contribution in [0.15, 0.2) is 29.2 Å². The molecule has 15 heteroatoms. The number of anilines is 1. The van der Waals surface area contributed by atoms with Crippen molar-refractivity contribution in [1.82, 2.24) is 15.2 Å².